The number of nitrogens with zero attached hydrogens (tertiary/aromatic N) is 1. The van der Waals surface area contributed by atoms with E-state index < -0.39 is 0 Å². The zero-order valence-electron chi connectivity index (χ0n) is 7.09. The molecule has 0 aliphatic heterocycles. The summed E-state index contributed by atoms with van der Waals surface area (Å²) in [6, 6.07) is 3.94. The van der Waals surface area contributed by atoms with E-state index in [-0.39, 0.29) is 0 Å². The second-order valence-corrected chi connectivity index (χ2v) is 2.68. The lowest BCUT2D eigenvalue weighted by atomic mass is 10.3. The number of fused-ring (bicyclic) bond motifs is 1. The van der Waals surface area contributed by atoms with Crippen molar-refractivity contribution >= 4 is 16.8 Å². The summed E-state index contributed by atoms with van der Waals surface area (Å²) in [5.41, 5.74) is 0.831. The van der Waals surface area contributed by atoms with Crippen molar-refractivity contribution in [3.63, 3.8) is 0 Å². The Kier molecular flexibility index (Phi) is 1.50. The Morgan fingerprint density at radius 2 is 2.33 bits per heavy atom. The minimum Gasteiger partial charge on any atom is -0.457 e. The Morgan fingerprint density at radius 1 is 1.50 bits per heavy atom. The molecular weight excluding hydrogens is 152 g/mol. The molecule has 0 atom stereocenters. The van der Waals surface area contributed by atoms with E-state index in [1.54, 1.807) is 6.20 Å². The standard InChI is InChI=1S/C9H10N2O/c1-6-5-7-3-4-11-9(10-2)8(7)12-6/h3-5H,1-2H3,(H,10,11). The van der Waals surface area contributed by atoms with Crippen molar-refractivity contribution in [1.82, 2.24) is 4.98 Å². The molecule has 0 aliphatic carbocycles. The molecule has 62 valence electrons. The average molecular weight is 162 g/mol. The molecule has 0 spiro atoms. The quantitative estimate of drug-likeness (QED) is 0.698. The second-order valence-electron chi connectivity index (χ2n) is 2.68. The SMILES string of the molecule is CNc1nccc2cc(C)oc12. The summed E-state index contributed by atoms with van der Waals surface area (Å²) in [5, 5.41) is 4.07. The highest BCUT2D eigenvalue weighted by atomic mass is 16.3. The Hall–Kier alpha value is -1.51. The number of furan rings is 1. The fourth-order valence-electron chi connectivity index (χ4n) is 1.27. The first-order valence-electron chi connectivity index (χ1n) is 3.84. The molecule has 0 unspecified atom stereocenters. The fraction of sp³-hybridized carbons (Fsp3) is 0.222. The maximum Gasteiger partial charge on any atom is 0.176 e. The molecule has 12 heavy (non-hydrogen) atoms. The monoisotopic (exact) mass is 162 g/mol. The van der Waals surface area contributed by atoms with Gasteiger partial charge in [-0.3, -0.25) is 0 Å². The van der Waals surface area contributed by atoms with Crippen LogP contribution in [0.4, 0.5) is 5.82 Å². The van der Waals surface area contributed by atoms with Crippen LogP contribution in [0, 0.1) is 6.92 Å². The molecule has 2 aromatic heterocycles. The zero-order chi connectivity index (χ0) is 8.55. The lowest BCUT2D eigenvalue weighted by Gasteiger charge is -1.97. The molecule has 0 amide bonds. The number of rotatable bonds is 1. The number of hydrogen-bond donors (Lipinski definition) is 1. The van der Waals surface area contributed by atoms with Gasteiger partial charge in [-0.05, 0) is 19.1 Å². The summed E-state index contributed by atoms with van der Waals surface area (Å²) in [6.07, 6.45) is 1.77. The van der Waals surface area contributed by atoms with Crippen LogP contribution in [-0.4, -0.2) is 12.0 Å². The van der Waals surface area contributed by atoms with E-state index in [1.165, 1.54) is 0 Å². The van der Waals surface area contributed by atoms with Crippen molar-refractivity contribution in [2.45, 2.75) is 6.92 Å². The average Bonchev–Trinajstić information content (AvgIpc) is 2.44. The third kappa shape index (κ3) is 0.942. The van der Waals surface area contributed by atoms with Gasteiger partial charge in [0.25, 0.3) is 0 Å². The second kappa shape index (κ2) is 2.52. The highest BCUT2D eigenvalue weighted by molar-refractivity contribution is 5.86. The molecule has 0 saturated carbocycles. The molecular formula is C9H10N2O. The number of anilines is 1. The third-order valence-corrected chi connectivity index (χ3v) is 1.79. The molecule has 0 radical (unpaired) electrons. The van der Waals surface area contributed by atoms with Gasteiger partial charge in [0.05, 0.1) is 0 Å². The summed E-state index contributed by atoms with van der Waals surface area (Å²) in [7, 11) is 1.83. The molecule has 0 fully saturated rings. The van der Waals surface area contributed by atoms with Gasteiger partial charge in [-0.1, -0.05) is 0 Å². The van der Waals surface area contributed by atoms with Gasteiger partial charge in [-0.2, -0.15) is 0 Å². The van der Waals surface area contributed by atoms with Crippen LogP contribution in [0.2, 0.25) is 0 Å². The van der Waals surface area contributed by atoms with E-state index in [9.17, 15) is 0 Å². The summed E-state index contributed by atoms with van der Waals surface area (Å²) >= 11 is 0. The first kappa shape index (κ1) is 7.16. The van der Waals surface area contributed by atoms with Crippen LogP contribution in [0.3, 0.4) is 0 Å². The summed E-state index contributed by atoms with van der Waals surface area (Å²) in [4.78, 5) is 4.13. The van der Waals surface area contributed by atoms with Crippen molar-refractivity contribution in [2.75, 3.05) is 12.4 Å². The number of pyridine rings is 1. The van der Waals surface area contributed by atoms with Crippen LogP contribution >= 0.6 is 0 Å². The van der Waals surface area contributed by atoms with Crippen LogP contribution in [-0.2, 0) is 0 Å². The van der Waals surface area contributed by atoms with Gasteiger partial charge in [-0.25, -0.2) is 4.98 Å². The normalized spacial score (nSPS) is 10.5. The number of nitrogens with one attached hydrogen (secondary N) is 1. The highest BCUT2D eigenvalue weighted by Crippen LogP contribution is 2.23. The predicted octanol–water partition coefficient (Wildman–Crippen LogP) is 2.18. The molecule has 0 aromatic carbocycles. The fourth-order valence-corrected chi connectivity index (χ4v) is 1.27. The van der Waals surface area contributed by atoms with E-state index >= 15 is 0 Å². The predicted molar refractivity (Wildman–Crippen MR) is 48.3 cm³/mol. The van der Waals surface area contributed by atoms with Gasteiger partial charge in [0.1, 0.15) is 5.76 Å². The maximum atomic E-state index is 5.46. The van der Waals surface area contributed by atoms with Crippen LogP contribution in [0.5, 0.6) is 0 Å². The van der Waals surface area contributed by atoms with Crippen LogP contribution in [0.25, 0.3) is 11.0 Å². The Labute approximate surface area is 70.4 Å². The van der Waals surface area contributed by atoms with Gasteiger partial charge in [0, 0.05) is 18.6 Å². The van der Waals surface area contributed by atoms with Gasteiger partial charge < -0.3 is 9.73 Å². The van der Waals surface area contributed by atoms with E-state index in [1.807, 2.05) is 26.1 Å². The van der Waals surface area contributed by atoms with Gasteiger partial charge in [0.15, 0.2) is 11.4 Å². The van der Waals surface area contributed by atoms with Gasteiger partial charge in [-0.15, -0.1) is 0 Å². The first-order chi connectivity index (χ1) is 5.81. The Bertz CT molecular complexity index is 406. The van der Waals surface area contributed by atoms with Crippen molar-refractivity contribution in [2.24, 2.45) is 0 Å². The summed E-state index contributed by atoms with van der Waals surface area (Å²) < 4.78 is 5.46. The molecule has 2 heterocycles. The largest absolute Gasteiger partial charge is 0.457 e. The highest BCUT2D eigenvalue weighted by Gasteiger charge is 2.04. The molecule has 3 nitrogen and oxygen atoms in total. The van der Waals surface area contributed by atoms with Crippen LogP contribution in [0.15, 0.2) is 22.7 Å². The van der Waals surface area contributed by atoms with Gasteiger partial charge in [0.2, 0.25) is 0 Å². The molecule has 2 rings (SSSR count). The molecule has 1 N–H and O–H groups in total. The summed E-state index contributed by atoms with van der Waals surface area (Å²) in [6.45, 7) is 1.93. The van der Waals surface area contributed by atoms with Gasteiger partial charge >= 0.3 is 0 Å². The molecule has 0 aliphatic rings. The van der Waals surface area contributed by atoms with E-state index in [4.69, 9.17) is 4.42 Å². The lowest BCUT2D eigenvalue weighted by molar-refractivity contribution is 0.578. The minimum absolute atomic E-state index is 0.792. The molecule has 0 bridgehead atoms. The van der Waals surface area contributed by atoms with Crippen LogP contribution < -0.4 is 5.32 Å². The Morgan fingerprint density at radius 3 is 3.08 bits per heavy atom. The van der Waals surface area contributed by atoms with Crippen molar-refractivity contribution in [1.29, 1.82) is 0 Å². The first-order valence-corrected chi connectivity index (χ1v) is 3.84. The zero-order valence-corrected chi connectivity index (χ0v) is 7.09. The van der Waals surface area contributed by atoms with Crippen molar-refractivity contribution in [3.8, 4) is 0 Å². The molecule has 2 aromatic rings. The molecule has 3 heteroatoms. The Balaban J connectivity index is 2.78. The number of aryl methyl sites for hydroxylation is 1. The van der Waals surface area contributed by atoms with Crippen molar-refractivity contribution < 1.29 is 4.42 Å². The minimum atomic E-state index is 0.792. The maximum absolute atomic E-state index is 5.46. The number of aromatic nitrogens is 1. The lowest BCUT2D eigenvalue weighted by Crippen LogP contribution is -1.90. The topological polar surface area (TPSA) is 38.1 Å². The van der Waals surface area contributed by atoms with Crippen LogP contribution in [0.1, 0.15) is 5.76 Å². The molecule has 0 saturated heterocycles. The van der Waals surface area contributed by atoms with Crippen molar-refractivity contribution in [3.05, 3.63) is 24.1 Å². The van der Waals surface area contributed by atoms with E-state index in [0.29, 0.717) is 0 Å². The number of hydrogen-bond acceptors (Lipinski definition) is 3. The summed E-state index contributed by atoms with van der Waals surface area (Å²) in [5.74, 6) is 1.70. The third-order valence-electron chi connectivity index (χ3n) is 1.79. The smallest absolute Gasteiger partial charge is 0.176 e. The van der Waals surface area contributed by atoms with E-state index in [0.717, 1.165) is 22.5 Å². The van der Waals surface area contributed by atoms with E-state index in [2.05, 4.69) is 10.3 Å².